The fraction of sp³-hybridized carbons (Fsp3) is 0.222. The second-order valence-corrected chi connectivity index (χ2v) is 4.54. The van der Waals surface area contributed by atoms with E-state index < -0.39 is 4.92 Å². The van der Waals surface area contributed by atoms with Gasteiger partial charge < -0.3 is 4.74 Å². The third kappa shape index (κ3) is 2.70. The molecule has 0 radical (unpaired) electrons. The van der Waals surface area contributed by atoms with Crippen LogP contribution < -0.4 is 4.74 Å². The highest BCUT2D eigenvalue weighted by Gasteiger charge is 2.20. The number of methoxy groups -OCH3 is 1. The number of halogens is 2. The molecule has 0 saturated heterocycles. The number of Topliss-reactive ketones (excluding diaryl/α,β-unsaturated/α-hetero) is 1. The lowest BCUT2D eigenvalue weighted by molar-refractivity contribution is -0.385. The van der Waals surface area contributed by atoms with E-state index in [4.69, 9.17) is 4.74 Å². The van der Waals surface area contributed by atoms with E-state index in [1.54, 1.807) is 0 Å². The van der Waals surface area contributed by atoms with Crippen molar-refractivity contribution in [3.63, 3.8) is 0 Å². The molecule has 1 rings (SSSR count). The summed E-state index contributed by atoms with van der Waals surface area (Å²) in [6, 6.07) is 2.72. The molecule has 0 bridgehead atoms. The van der Waals surface area contributed by atoms with Crippen LogP contribution in [0.25, 0.3) is 0 Å². The monoisotopic (exact) mass is 399 g/mol. The molecule has 0 aromatic heterocycles. The van der Waals surface area contributed by atoms with Crippen LogP contribution in [0.3, 0.4) is 0 Å². The van der Waals surface area contributed by atoms with Crippen molar-refractivity contribution in [1.82, 2.24) is 0 Å². The summed E-state index contributed by atoms with van der Waals surface area (Å²) in [5, 5.41) is 10.8. The second kappa shape index (κ2) is 5.58. The maximum Gasteiger partial charge on any atom is 0.283 e. The maximum absolute atomic E-state index is 11.5. The van der Waals surface area contributed by atoms with Crippen molar-refractivity contribution in [2.75, 3.05) is 12.4 Å². The van der Waals surface area contributed by atoms with Gasteiger partial charge in [0.1, 0.15) is 5.75 Å². The molecule has 16 heavy (non-hydrogen) atoms. The van der Waals surface area contributed by atoms with E-state index in [0.717, 1.165) is 0 Å². The van der Waals surface area contributed by atoms with Crippen molar-refractivity contribution >= 4 is 50.0 Å². The van der Waals surface area contributed by atoms with Crippen molar-refractivity contribution in [1.29, 1.82) is 0 Å². The first-order chi connectivity index (χ1) is 7.51. The van der Waals surface area contributed by atoms with E-state index in [0.29, 0.717) is 9.32 Å². The van der Waals surface area contributed by atoms with Crippen molar-refractivity contribution < 1.29 is 14.5 Å². The first kappa shape index (κ1) is 13.4. The van der Waals surface area contributed by atoms with Gasteiger partial charge >= 0.3 is 0 Å². The number of hydrogen-bond acceptors (Lipinski definition) is 4. The Hall–Kier alpha value is -0.700. The molecule has 0 aliphatic heterocycles. The van der Waals surface area contributed by atoms with Crippen LogP contribution >= 0.6 is 38.5 Å². The van der Waals surface area contributed by atoms with Crippen LogP contribution in [0.15, 0.2) is 12.1 Å². The molecule has 1 aromatic rings. The molecule has 1 aromatic carbocycles. The van der Waals surface area contributed by atoms with E-state index in [1.807, 2.05) is 22.6 Å². The molecule has 0 fully saturated rings. The molecule has 5 nitrogen and oxygen atoms in total. The highest BCUT2D eigenvalue weighted by Crippen LogP contribution is 2.30. The molecule has 0 spiro atoms. The Morgan fingerprint density at radius 3 is 2.69 bits per heavy atom. The summed E-state index contributed by atoms with van der Waals surface area (Å²) in [6.07, 6.45) is 0. The Morgan fingerprint density at radius 1 is 1.62 bits per heavy atom. The van der Waals surface area contributed by atoms with E-state index in [-0.39, 0.29) is 22.4 Å². The Labute approximate surface area is 114 Å². The highest BCUT2D eigenvalue weighted by molar-refractivity contribution is 14.1. The minimum atomic E-state index is -0.522. The van der Waals surface area contributed by atoms with Gasteiger partial charge in [-0.25, -0.2) is 0 Å². The quantitative estimate of drug-likeness (QED) is 0.256. The summed E-state index contributed by atoms with van der Waals surface area (Å²) in [7, 11) is 1.42. The fourth-order valence-electron chi connectivity index (χ4n) is 1.14. The van der Waals surface area contributed by atoms with Crippen molar-refractivity contribution in [2.45, 2.75) is 0 Å². The zero-order chi connectivity index (χ0) is 12.3. The summed E-state index contributed by atoms with van der Waals surface area (Å²) in [5.41, 5.74) is 0.122. The zero-order valence-electron chi connectivity index (χ0n) is 8.20. The fourth-order valence-corrected chi connectivity index (χ4v) is 2.08. The third-order valence-corrected chi connectivity index (χ3v) is 3.26. The summed E-state index contributed by atoms with van der Waals surface area (Å²) < 4.78 is 5.45. The molecule has 7 heteroatoms. The van der Waals surface area contributed by atoms with Crippen molar-refractivity contribution in [2.24, 2.45) is 0 Å². The molecule has 0 saturated carbocycles. The third-order valence-electron chi connectivity index (χ3n) is 1.89. The lowest BCUT2D eigenvalue weighted by atomic mass is 10.1. The van der Waals surface area contributed by atoms with Gasteiger partial charge in [-0.05, 0) is 22.6 Å². The van der Waals surface area contributed by atoms with Crippen LogP contribution in [0.5, 0.6) is 5.75 Å². The number of nitro benzene ring substituents is 1. The lowest BCUT2D eigenvalue weighted by Gasteiger charge is -2.07. The van der Waals surface area contributed by atoms with E-state index in [2.05, 4.69) is 15.9 Å². The van der Waals surface area contributed by atoms with Crippen LogP contribution in [-0.2, 0) is 0 Å². The average molecular weight is 400 g/mol. The van der Waals surface area contributed by atoms with Crippen LogP contribution in [0.1, 0.15) is 10.4 Å². The molecule has 0 heterocycles. The summed E-state index contributed by atoms with van der Waals surface area (Å²) in [6.45, 7) is 0. The minimum Gasteiger partial charge on any atom is -0.496 e. The molecule has 86 valence electrons. The Kier molecular flexibility index (Phi) is 4.66. The van der Waals surface area contributed by atoms with Gasteiger partial charge in [0, 0.05) is 12.1 Å². The van der Waals surface area contributed by atoms with Gasteiger partial charge in [-0.15, -0.1) is 0 Å². The number of rotatable bonds is 4. The van der Waals surface area contributed by atoms with Gasteiger partial charge in [0.2, 0.25) is 0 Å². The van der Waals surface area contributed by atoms with Gasteiger partial charge in [-0.3, -0.25) is 14.9 Å². The Bertz CT molecular complexity index is 449. The van der Waals surface area contributed by atoms with Crippen molar-refractivity contribution in [3.05, 3.63) is 31.4 Å². The summed E-state index contributed by atoms with van der Waals surface area (Å²) in [4.78, 5) is 21.7. The van der Waals surface area contributed by atoms with Crippen LogP contribution in [-0.4, -0.2) is 23.1 Å². The predicted molar refractivity (Wildman–Crippen MR) is 70.5 cm³/mol. The number of ether oxygens (including phenoxy) is 1. The van der Waals surface area contributed by atoms with Gasteiger partial charge in [0.15, 0.2) is 5.78 Å². The molecular weight excluding hydrogens is 393 g/mol. The standard InChI is InChI=1S/C9H7BrINO4/c1-16-9-3-6(11)7(12(14)15)2-5(9)8(13)4-10/h2-3H,4H2,1H3. The van der Waals surface area contributed by atoms with E-state index in [9.17, 15) is 14.9 Å². The van der Waals surface area contributed by atoms with Crippen LogP contribution in [0.2, 0.25) is 0 Å². The van der Waals surface area contributed by atoms with E-state index >= 15 is 0 Å². The molecule has 0 unspecified atom stereocenters. The largest absolute Gasteiger partial charge is 0.496 e. The molecular formula is C9H7BrINO4. The number of carbonyl (C=O) groups excluding carboxylic acids is 1. The van der Waals surface area contributed by atoms with Gasteiger partial charge in [-0.2, -0.15) is 0 Å². The normalized spacial score (nSPS) is 9.94. The Balaban J connectivity index is 3.40. The van der Waals surface area contributed by atoms with Crippen molar-refractivity contribution in [3.8, 4) is 5.75 Å². The number of benzene rings is 1. The minimum absolute atomic E-state index is 0.0919. The number of hydrogen-bond donors (Lipinski definition) is 0. The topological polar surface area (TPSA) is 69.4 Å². The molecule has 0 aliphatic carbocycles. The Morgan fingerprint density at radius 2 is 2.25 bits per heavy atom. The molecule has 0 atom stereocenters. The number of ketones is 1. The second-order valence-electron chi connectivity index (χ2n) is 2.82. The number of carbonyl (C=O) groups is 1. The predicted octanol–water partition coefficient (Wildman–Crippen LogP) is 2.79. The summed E-state index contributed by atoms with van der Waals surface area (Å²) >= 11 is 4.85. The molecule has 0 amide bonds. The smallest absolute Gasteiger partial charge is 0.283 e. The summed E-state index contributed by atoms with van der Waals surface area (Å²) in [5.74, 6) is 0.0933. The van der Waals surface area contributed by atoms with E-state index in [1.165, 1.54) is 19.2 Å². The first-order valence-corrected chi connectivity index (χ1v) is 6.32. The lowest BCUT2D eigenvalue weighted by Crippen LogP contribution is -2.05. The van der Waals surface area contributed by atoms with Gasteiger partial charge in [0.05, 0.1) is 26.5 Å². The number of nitrogens with zero attached hydrogens (tertiary/aromatic N) is 1. The average Bonchev–Trinajstić information content (AvgIpc) is 2.27. The molecule has 0 N–H and O–H groups in total. The number of alkyl halides is 1. The SMILES string of the molecule is COc1cc(I)c([N+](=O)[O-])cc1C(=O)CBr. The highest BCUT2D eigenvalue weighted by atomic mass is 127. The zero-order valence-corrected chi connectivity index (χ0v) is 11.9. The van der Waals surface area contributed by atoms with Crippen LogP contribution in [0, 0.1) is 13.7 Å². The van der Waals surface area contributed by atoms with Gasteiger partial charge in [-0.1, -0.05) is 15.9 Å². The van der Waals surface area contributed by atoms with Crippen LogP contribution in [0.4, 0.5) is 5.69 Å². The number of nitro groups is 1. The maximum atomic E-state index is 11.5. The van der Waals surface area contributed by atoms with Gasteiger partial charge in [0.25, 0.3) is 5.69 Å². The first-order valence-electron chi connectivity index (χ1n) is 4.12. The molecule has 0 aliphatic rings.